The van der Waals surface area contributed by atoms with Crippen LogP contribution in [-0.2, 0) is 16.0 Å². The molecule has 0 bridgehead atoms. The number of nitrogens with zero attached hydrogens (tertiary/aromatic N) is 3. The topological polar surface area (TPSA) is 86.5 Å². The number of hydrogen-bond donors (Lipinski definition) is 1. The average molecular weight is 379 g/mol. The normalized spacial score (nSPS) is 19.9. The summed E-state index contributed by atoms with van der Waals surface area (Å²) in [6, 6.07) is 13.4. The summed E-state index contributed by atoms with van der Waals surface area (Å²) in [5.41, 5.74) is 3.02. The fourth-order valence-corrected chi connectivity index (χ4v) is 3.77. The molecule has 5 rings (SSSR count). The highest BCUT2D eigenvalue weighted by Gasteiger charge is 2.57. The van der Waals surface area contributed by atoms with E-state index in [9.17, 15) is 9.90 Å². The molecule has 28 heavy (non-hydrogen) atoms. The molecule has 1 spiro atoms. The van der Waals surface area contributed by atoms with Crippen LogP contribution in [0.3, 0.4) is 0 Å². The van der Waals surface area contributed by atoms with E-state index in [0.717, 1.165) is 35.9 Å². The van der Waals surface area contributed by atoms with Crippen LogP contribution in [0.2, 0.25) is 0 Å². The van der Waals surface area contributed by atoms with E-state index in [2.05, 4.69) is 10.2 Å². The molecule has 2 aromatic carbocycles. The smallest absolute Gasteiger partial charge is 0.312 e. The Labute approximate surface area is 161 Å². The summed E-state index contributed by atoms with van der Waals surface area (Å²) in [6.07, 6.45) is 2.90. The van der Waals surface area contributed by atoms with Gasteiger partial charge in [0.25, 0.3) is 0 Å². The molecule has 2 aliphatic rings. The molecular formula is C21H21N3O4. The van der Waals surface area contributed by atoms with E-state index < -0.39 is 0 Å². The molecule has 0 radical (unpaired) electrons. The highest BCUT2D eigenvalue weighted by atomic mass is 16.6. The first-order chi connectivity index (χ1) is 13.7. The third-order valence-electron chi connectivity index (χ3n) is 5.53. The fraction of sp³-hybridized carbons (Fsp3) is 0.381. The Morgan fingerprint density at radius 2 is 1.93 bits per heavy atom. The first kappa shape index (κ1) is 17.2. The quantitative estimate of drug-likeness (QED) is 0.662. The Morgan fingerprint density at radius 1 is 1.18 bits per heavy atom. The van der Waals surface area contributed by atoms with Gasteiger partial charge in [0.05, 0.1) is 5.41 Å². The van der Waals surface area contributed by atoms with E-state index in [1.165, 1.54) is 0 Å². The van der Waals surface area contributed by atoms with Gasteiger partial charge in [-0.05, 0) is 49.1 Å². The van der Waals surface area contributed by atoms with Crippen molar-refractivity contribution < 1.29 is 19.4 Å². The maximum absolute atomic E-state index is 12.0. The van der Waals surface area contributed by atoms with Crippen LogP contribution in [-0.4, -0.2) is 45.4 Å². The van der Waals surface area contributed by atoms with Crippen LogP contribution in [0.15, 0.2) is 42.5 Å². The molecule has 1 aliphatic heterocycles. The number of cyclic esters (lactones) is 1. The average Bonchev–Trinajstić information content (AvgIpc) is 3.24. The van der Waals surface area contributed by atoms with Crippen molar-refractivity contribution in [3.63, 3.8) is 0 Å². The van der Waals surface area contributed by atoms with Gasteiger partial charge < -0.3 is 14.6 Å². The number of ether oxygens (including phenoxy) is 2. The van der Waals surface area contributed by atoms with Crippen molar-refractivity contribution >= 4 is 17.0 Å². The molecule has 1 aliphatic carbocycles. The van der Waals surface area contributed by atoms with Crippen molar-refractivity contribution in [1.29, 1.82) is 0 Å². The van der Waals surface area contributed by atoms with Crippen molar-refractivity contribution in [2.45, 2.75) is 31.8 Å². The second kappa shape index (κ2) is 6.60. The maximum atomic E-state index is 12.0. The van der Waals surface area contributed by atoms with Gasteiger partial charge in [0, 0.05) is 13.0 Å². The fourth-order valence-electron chi connectivity index (χ4n) is 3.77. The number of carbonyl (C=O) groups excluding carboxylic acids is 1. The number of aromatic nitrogens is 3. The molecule has 2 fully saturated rings. The summed E-state index contributed by atoms with van der Waals surface area (Å²) in [7, 11) is 0. The lowest BCUT2D eigenvalue weighted by Crippen LogP contribution is -2.18. The SMILES string of the molecule is O=C1O[C@H](COc2ccc(CCO)cc2-n2nc3ccccc3n2)CC12CC2. The molecule has 1 aromatic heterocycles. The number of carbonyl (C=O) groups is 1. The van der Waals surface area contributed by atoms with Gasteiger partial charge in [-0.25, -0.2) is 0 Å². The van der Waals surface area contributed by atoms with Crippen molar-refractivity contribution in [3.05, 3.63) is 48.0 Å². The highest BCUT2D eigenvalue weighted by Crippen LogP contribution is 2.54. The van der Waals surface area contributed by atoms with Crippen LogP contribution >= 0.6 is 0 Å². The Balaban J connectivity index is 1.42. The zero-order valence-corrected chi connectivity index (χ0v) is 15.4. The van der Waals surface area contributed by atoms with E-state index >= 15 is 0 Å². The predicted molar refractivity (Wildman–Crippen MR) is 101 cm³/mol. The summed E-state index contributed by atoms with van der Waals surface area (Å²) in [5, 5.41) is 18.4. The minimum atomic E-state index is -0.233. The van der Waals surface area contributed by atoms with Crippen molar-refractivity contribution in [2.24, 2.45) is 5.41 Å². The Hall–Kier alpha value is -2.93. The molecule has 1 atom stereocenters. The number of aliphatic hydroxyl groups is 1. The summed E-state index contributed by atoms with van der Waals surface area (Å²) in [4.78, 5) is 13.5. The van der Waals surface area contributed by atoms with Crippen LogP contribution in [0.1, 0.15) is 24.8 Å². The van der Waals surface area contributed by atoms with E-state index in [1.807, 2.05) is 42.5 Å². The van der Waals surface area contributed by atoms with Gasteiger partial charge >= 0.3 is 5.97 Å². The first-order valence-corrected chi connectivity index (χ1v) is 9.57. The van der Waals surface area contributed by atoms with Crippen LogP contribution in [0.4, 0.5) is 0 Å². The molecule has 3 aromatic rings. The lowest BCUT2D eigenvalue weighted by Gasteiger charge is -2.15. The Bertz CT molecular complexity index is 1010. The third kappa shape index (κ3) is 3.01. The summed E-state index contributed by atoms with van der Waals surface area (Å²) in [5.74, 6) is 0.536. The van der Waals surface area contributed by atoms with Crippen molar-refractivity contribution in [2.75, 3.05) is 13.2 Å². The molecule has 7 heteroatoms. The van der Waals surface area contributed by atoms with Crippen molar-refractivity contribution in [3.8, 4) is 11.4 Å². The molecule has 1 saturated heterocycles. The Kier molecular flexibility index (Phi) is 4.05. The molecule has 0 amide bonds. The van der Waals surface area contributed by atoms with E-state index in [-0.39, 0.29) is 24.1 Å². The number of aliphatic hydroxyl groups excluding tert-OH is 1. The molecule has 0 unspecified atom stereocenters. The molecule has 2 heterocycles. The minimum Gasteiger partial charge on any atom is -0.487 e. The molecule has 1 saturated carbocycles. The number of rotatable bonds is 6. The van der Waals surface area contributed by atoms with Crippen LogP contribution in [0.25, 0.3) is 16.7 Å². The summed E-state index contributed by atoms with van der Waals surface area (Å²) >= 11 is 0. The lowest BCUT2D eigenvalue weighted by atomic mass is 10.0. The summed E-state index contributed by atoms with van der Waals surface area (Å²) in [6.45, 7) is 0.370. The van der Waals surface area contributed by atoms with E-state index in [0.29, 0.717) is 24.5 Å². The van der Waals surface area contributed by atoms with Crippen LogP contribution in [0, 0.1) is 5.41 Å². The first-order valence-electron chi connectivity index (χ1n) is 9.57. The number of hydrogen-bond acceptors (Lipinski definition) is 6. The molecule has 1 N–H and O–H groups in total. The monoisotopic (exact) mass is 379 g/mol. The molecular weight excluding hydrogens is 358 g/mol. The standard InChI is InChI=1S/C21H21N3O4/c25-10-7-14-5-6-19(27-13-15-12-21(8-9-21)20(26)28-15)18(11-14)24-22-16-3-1-2-4-17(16)23-24/h1-6,11,15,25H,7-10,12-13H2/t15-/m0/s1. The van der Waals surface area contributed by atoms with Gasteiger partial charge in [-0.15, -0.1) is 15.0 Å². The van der Waals surface area contributed by atoms with Crippen molar-refractivity contribution in [1.82, 2.24) is 15.0 Å². The highest BCUT2D eigenvalue weighted by molar-refractivity contribution is 5.82. The Morgan fingerprint density at radius 3 is 2.57 bits per heavy atom. The largest absolute Gasteiger partial charge is 0.487 e. The van der Waals surface area contributed by atoms with Gasteiger partial charge in [0.1, 0.15) is 35.2 Å². The maximum Gasteiger partial charge on any atom is 0.312 e. The van der Waals surface area contributed by atoms with Gasteiger partial charge in [-0.2, -0.15) is 0 Å². The minimum absolute atomic E-state index is 0.0638. The van der Waals surface area contributed by atoms with Gasteiger partial charge in [0.15, 0.2) is 0 Å². The molecule has 7 nitrogen and oxygen atoms in total. The van der Waals surface area contributed by atoms with E-state index in [4.69, 9.17) is 9.47 Å². The molecule has 144 valence electrons. The lowest BCUT2D eigenvalue weighted by molar-refractivity contribution is -0.146. The predicted octanol–water partition coefficient (Wildman–Crippen LogP) is 2.43. The second-order valence-corrected chi connectivity index (χ2v) is 7.58. The zero-order valence-electron chi connectivity index (χ0n) is 15.4. The number of esters is 1. The van der Waals surface area contributed by atoms with Gasteiger partial charge in [-0.1, -0.05) is 18.2 Å². The van der Waals surface area contributed by atoms with Gasteiger partial charge in [-0.3, -0.25) is 4.79 Å². The summed E-state index contributed by atoms with van der Waals surface area (Å²) < 4.78 is 11.5. The van der Waals surface area contributed by atoms with Crippen LogP contribution < -0.4 is 4.74 Å². The zero-order chi connectivity index (χ0) is 19.1. The third-order valence-corrected chi connectivity index (χ3v) is 5.53. The number of fused-ring (bicyclic) bond motifs is 1. The van der Waals surface area contributed by atoms with Gasteiger partial charge in [0.2, 0.25) is 0 Å². The second-order valence-electron chi connectivity index (χ2n) is 7.58. The number of benzene rings is 2. The van der Waals surface area contributed by atoms with Crippen LogP contribution in [0.5, 0.6) is 5.75 Å². The van der Waals surface area contributed by atoms with E-state index in [1.54, 1.807) is 4.80 Å².